The minimum atomic E-state index is 0.691. The van der Waals surface area contributed by atoms with E-state index in [1.807, 2.05) is 7.05 Å². The molecule has 0 bridgehead atoms. The highest BCUT2D eigenvalue weighted by Gasteiger charge is 2.02. The zero-order valence-corrected chi connectivity index (χ0v) is 10.3. The van der Waals surface area contributed by atoms with Gasteiger partial charge in [-0.25, -0.2) is 0 Å². The van der Waals surface area contributed by atoms with Crippen LogP contribution in [-0.4, -0.2) is 16.3 Å². The minimum absolute atomic E-state index is 0.691. The number of nitrogens with two attached hydrogens (primary N) is 1. The van der Waals surface area contributed by atoms with Crippen LogP contribution >= 0.6 is 0 Å². The average Bonchev–Trinajstić information content (AvgIpc) is 2.58. The largest absolute Gasteiger partial charge is 0.394 e. The molecule has 0 aliphatic rings. The molecule has 17 heavy (non-hydrogen) atoms. The second-order valence-corrected chi connectivity index (χ2v) is 4.27. The molecule has 4 heteroatoms. The molecule has 0 amide bonds. The Kier molecular flexibility index (Phi) is 3.32. The molecule has 3 N–H and O–H groups in total. The van der Waals surface area contributed by atoms with Crippen molar-refractivity contribution in [3.8, 4) is 0 Å². The van der Waals surface area contributed by atoms with Crippen molar-refractivity contribution in [2.24, 2.45) is 7.05 Å². The van der Waals surface area contributed by atoms with Crippen molar-refractivity contribution in [2.75, 3.05) is 17.6 Å². The van der Waals surface area contributed by atoms with Gasteiger partial charge in [0.15, 0.2) is 5.82 Å². The summed E-state index contributed by atoms with van der Waals surface area (Å²) in [4.78, 5) is 0. The molecule has 0 unspecified atom stereocenters. The van der Waals surface area contributed by atoms with Crippen molar-refractivity contribution in [3.63, 3.8) is 0 Å². The van der Waals surface area contributed by atoms with Gasteiger partial charge in [-0.2, -0.15) is 5.10 Å². The highest BCUT2D eigenvalue weighted by molar-refractivity contribution is 5.59. The highest BCUT2D eigenvalue weighted by atomic mass is 15.3. The lowest BCUT2D eigenvalue weighted by Gasteiger charge is -2.05. The Balaban J connectivity index is 1.89. The summed E-state index contributed by atoms with van der Waals surface area (Å²) in [5, 5.41) is 7.48. The van der Waals surface area contributed by atoms with Crippen LogP contribution < -0.4 is 11.1 Å². The van der Waals surface area contributed by atoms with Gasteiger partial charge in [-0.05, 0) is 18.9 Å². The molecule has 90 valence electrons. The number of nitrogens with zero attached hydrogens (tertiary/aromatic N) is 2. The summed E-state index contributed by atoms with van der Waals surface area (Å²) in [5.74, 6) is 0.764. The van der Waals surface area contributed by atoms with Crippen LogP contribution in [0.2, 0.25) is 0 Å². The van der Waals surface area contributed by atoms with Crippen LogP contribution in [0.15, 0.2) is 30.5 Å². The molecule has 0 saturated heterocycles. The topological polar surface area (TPSA) is 55.9 Å². The minimum Gasteiger partial charge on any atom is -0.394 e. The first kappa shape index (κ1) is 11.5. The van der Waals surface area contributed by atoms with Crippen LogP contribution in [0.1, 0.15) is 11.1 Å². The van der Waals surface area contributed by atoms with E-state index in [4.69, 9.17) is 5.73 Å². The van der Waals surface area contributed by atoms with Crippen LogP contribution in [0.3, 0.4) is 0 Å². The standard InChI is InChI=1S/C13H18N4/c1-10-4-3-5-11(8-10)6-7-15-13-12(14)9-17(2)16-13/h3-5,8-9H,6-7,14H2,1-2H3,(H,15,16). The lowest BCUT2D eigenvalue weighted by atomic mass is 10.1. The molecular formula is C13H18N4. The SMILES string of the molecule is Cc1cccc(CCNc2nn(C)cc2N)c1. The number of nitrogen functional groups attached to an aromatic ring is 1. The lowest BCUT2D eigenvalue weighted by Crippen LogP contribution is -2.07. The molecule has 0 atom stereocenters. The fraction of sp³-hybridized carbons (Fsp3) is 0.308. The highest BCUT2D eigenvalue weighted by Crippen LogP contribution is 2.14. The molecule has 1 aromatic heterocycles. The van der Waals surface area contributed by atoms with Crippen molar-refractivity contribution in [1.82, 2.24) is 9.78 Å². The first-order valence-electron chi connectivity index (χ1n) is 5.73. The van der Waals surface area contributed by atoms with E-state index in [2.05, 4.69) is 41.6 Å². The third-order valence-electron chi connectivity index (χ3n) is 2.65. The quantitative estimate of drug-likeness (QED) is 0.844. The number of hydrogen-bond acceptors (Lipinski definition) is 3. The van der Waals surface area contributed by atoms with Crippen molar-refractivity contribution < 1.29 is 0 Å². The van der Waals surface area contributed by atoms with Crippen LogP contribution in [0.4, 0.5) is 11.5 Å². The summed E-state index contributed by atoms with van der Waals surface area (Å²) >= 11 is 0. The molecule has 2 rings (SSSR count). The second kappa shape index (κ2) is 4.91. The molecule has 4 nitrogen and oxygen atoms in total. The summed E-state index contributed by atoms with van der Waals surface area (Å²) in [6.07, 6.45) is 2.77. The van der Waals surface area contributed by atoms with E-state index in [1.54, 1.807) is 10.9 Å². The maximum atomic E-state index is 5.80. The first-order valence-corrected chi connectivity index (χ1v) is 5.73. The summed E-state index contributed by atoms with van der Waals surface area (Å²) in [6.45, 7) is 2.94. The number of hydrogen-bond donors (Lipinski definition) is 2. The molecule has 0 aliphatic carbocycles. The van der Waals surface area contributed by atoms with Gasteiger partial charge >= 0.3 is 0 Å². The summed E-state index contributed by atoms with van der Waals surface area (Å²) in [7, 11) is 1.86. The Hall–Kier alpha value is -1.97. The number of nitrogens with one attached hydrogen (secondary N) is 1. The van der Waals surface area contributed by atoms with Crippen molar-refractivity contribution >= 4 is 11.5 Å². The van der Waals surface area contributed by atoms with Crippen LogP contribution in [0.5, 0.6) is 0 Å². The lowest BCUT2D eigenvalue weighted by molar-refractivity contribution is 0.768. The fourth-order valence-corrected chi connectivity index (χ4v) is 1.84. The molecule has 0 fully saturated rings. The predicted octanol–water partition coefficient (Wildman–Crippen LogP) is 1.97. The fourth-order valence-electron chi connectivity index (χ4n) is 1.84. The molecule has 1 heterocycles. The summed E-state index contributed by atoms with van der Waals surface area (Å²) in [5.41, 5.74) is 9.11. The van der Waals surface area contributed by atoms with Crippen LogP contribution in [0.25, 0.3) is 0 Å². The van der Waals surface area contributed by atoms with Crippen LogP contribution in [0, 0.1) is 6.92 Å². The molecular weight excluding hydrogens is 212 g/mol. The van der Waals surface area contributed by atoms with Gasteiger partial charge in [0.2, 0.25) is 0 Å². The number of anilines is 2. The van der Waals surface area contributed by atoms with E-state index < -0.39 is 0 Å². The predicted molar refractivity (Wildman–Crippen MR) is 71.0 cm³/mol. The second-order valence-electron chi connectivity index (χ2n) is 4.27. The van der Waals surface area contributed by atoms with Gasteiger partial charge in [-0.1, -0.05) is 29.8 Å². The molecule has 0 aliphatic heterocycles. The molecule has 2 aromatic rings. The molecule has 1 aromatic carbocycles. The smallest absolute Gasteiger partial charge is 0.171 e. The zero-order valence-electron chi connectivity index (χ0n) is 10.3. The number of benzene rings is 1. The zero-order chi connectivity index (χ0) is 12.3. The van der Waals surface area contributed by atoms with Crippen molar-refractivity contribution in [1.29, 1.82) is 0 Å². The van der Waals surface area contributed by atoms with E-state index in [0.717, 1.165) is 18.8 Å². The Morgan fingerprint density at radius 1 is 1.41 bits per heavy atom. The van der Waals surface area contributed by atoms with Gasteiger partial charge in [-0.3, -0.25) is 4.68 Å². The van der Waals surface area contributed by atoms with E-state index >= 15 is 0 Å². The maximum absolute atomic E-state index is 5.80. The van der Waals surface area contributed by atoms with Gasteiger partial charge < -0.3 is 11.1 Å². The number of rotatable bonds is 4. The Morgan fingerprint density at radius 3 is 2.88 bits per heavy atom. The van der Waals surface area contributed by atoms with Gasteiger partial charge in [0.25, 0.3) is 0 Å². The third-order valence-corrected chi connectivity index (χ3v) is 2.65. The molecule has 0 radical (unpaired) electrons. The Bertz CT molecular complexity index is 502. The normalized spacial score (nSPS) is 10.5. The van der Waals surface area contributed by atoms with E-state index in [0.29, 0.717) is 5.69 Å². The maximum Gasteiger partial charge on any atom is 0.171 e. The van der Waals surface area contributed by atoms with E-state index in [-0.39, 0.29) is 0 Å². The van der Waals surface area contributed by atoms with E-state index in [1.165, 1.54) is 11.1 Å². The van der Waals surface area contributed by atoms with Gasteiger partial charge in [-0.15, -0.1) is 0 Å². The molecule has 0 spiro atoms. The van der Waals surface area contributed by atoms with Gasteiger partial charge in [0, 0.05) is 19.8 Å². The average molecular weight is 230 g/mol. The van der Waals surface area contributed by atoms with Crippen molar-refractivity contribution in [2.45, 2.75) is 13.3 Å². The van der Waals surface area contributed by atoms with Gasteiger partial charge in [0.05, 0.1) is 5.69 Å². The number of aryl methyl sites for hydroxylation is 2. The first-order chi connectivity index (χ1) is 8.15. The molecule has 0 saturated carbocycles. The monoisotopic (exact) mass is 230 g/mol. The van der Waals surface area contributed by atoms with E-state index in [9.17, 15) is 0 Å². The Morgan fingerprint density at radius 2 is 2.24 bits per heavy atom. The Labute approximate surface area is 101 Å². The van der Waals surface area contributed by atoms with Gasteiger partial charge in [0.1, 0.15) is 0 Å². The van der Waals surface area contributed by atoms with Crippen LogP contribution in [-0.2, 0) is 13.5 Å². The summed E-state index contributed by atoms with van der Waals surface area (Å²) in [6, 6.07) is 8.52. The van der Waals surface area contributed by atoms with Crippen molar-refractivity contribution in [3.05, 3.63) is 41.6 Å². The third kappa shape index (κ3) is 3.00. The summed E-state index contributed by atoms with van der Waals surface area (Å²) < 4.78 is 1.71. The number of aromatic nitrogens is 2.